The van der Waals surface area contributed by atoms with Crippen LogP contribution in [0.15, 0.2) is 23.0 Å². The largest absolute Gasteiger partial charge is 0.310 e. The van der Waals surface area contributed by atoms with Crippen LogP contribution in [-0.4, -0.2) is 9.97 Å². The molecule has 0 aliphatic carbocycles. The highest BCUT2D eigenvalue weighted by atomic mass is 35.5. The summed E-state index contributed by atoms with van der Waals surface area (Å²) in [5, 5.41) is 0.335. The zero-order chi connectivity index (χ0) is 14.0. The molecule has 0 saturated carbocycles. The van der Waals surface area contributed by atoms with Crippen LogP contribution in [-0.2, 0) is 12.8 Å². The van der Waals surface area contributed by atoms with Crippen LogP contribution in [0.5, 0.6) is 0 Å². The molecule has 1 aromatic carbocycles. The van der Waals surface area contributed by atoms with Crippen LogP contribution in [0.2, 0.25) is 5.02 Å². The van der Waals surface area contributed by atoms with Gasteiger partial charge < -0.3 is 4.98 Å². The average molecular weight is 281 g/mol. The molecule has 0 radical (unpaired) electrons. The first-order valence-electron chi connectivity index (χ1n) is 6.04. The second kappa shape index (κ2) is 5.53. The highest BCUT2D eigenvalue weighted by molar-refractivity contribution is 6.31. The number of hydrogen-bond donors (Lipinski definition) is 1. The highest BCUT2D eigenvalue weighted by Gasteiger charge is 2.11. The van der Waals surface area contributed by atoms with Crippen molar-refractivity contribution in [3.63, 3.8) is 0 Å². The summed E-state index contributed by atoms with van der Waals surface area (Å²) < 4.78 is 13.7. The number of aromatic nitrogens is 2. The number of nitrogens with zero attached hydrogens (tertiary/aromatic N) is 1. The topological polar surface area (TPSA) is 45.8 Å². The maximum Gasteiger partial charge on any atom is 0.254 e. The number of aromatic amines is 1. The average Bonchev–Trinajstić information content (AvgIpc) is 2.38. The Hall–Kier alpha value is -1.68. The van der Waals surface area contributed by atoms with E-state index in [1.54, 1.807) is 19.1 Å². The van der Waals surface area contributed by atoms with Crippen molar-refractivity contribution in [2.75, 3.05) is 0 Å². The summed E-state index contributed by atoms with van der Waals surface area (Å²) in [5.74, 6) is 0.0354. The van der Waals surface area contributed by atoms with Gasteiger partial charge >= 0.3 is 0 Å². The van der Waals surface area contributed by atoms with Crippen molar-refractivity contribution in [3.8, 4) is 0 Å². The molecule has 0 saturated heterocycles. The molecule has 0 unspecified atom stereocenters. The van der Waals surface area contributed by atoms with Crippen LogP contribution in [0.1, 0.15) is 29.6 Å². The summed E-state index contributed by atoms with van der Waals surface area (Å²) in [6.45, 7) is 3.65. The van der Waals surface area contributed by atoms with Gasteiger partial charge in [-0.25, -0.2) is 9.37 Å². The maximum absolute atomic E-state index is 13.7. The quantitative estimate of drug-likeness (QED) is 0.939. The van der Waals surface area contributed by atoms with Crippen molar-refractivity contribution in [2.24, 2.45) is 0 Å². The molecule has 0 amide bonds. The molecule has 3 nitrogen and oxygen atoms in total. The lowest BCUT2D eigenvalue weighted by molar-refractivity contribution is 0.611. The predicted octanol–water partition coefficient (Wildman–Crippen LogP) is 3.02. The number of nitrogens with one attached hydrogen (secondary N) is 1. The normalized spacial score (nSPS) is 10.7. The minimum absolute atomic E-state index is 0.175. The van der Waals surface area contributed by atoms with E-state index in [0.717, 1.165) is 5.69 Å². The van der Waals surface area contributed by atoms with Crippen molar-refractivity contribution >= 4 is 11.6 Å². The summed E-state index contributed by atoms with van der Waals surface area (Å²) in [7, 11) is 0. The van der Waals surface area contributed by atoms with Crippen molar-refractivity contribution in [3.05, 3.63) is 62.0 Å². The molecule has 0 atom stereocenters. The van der Waals surface area contributed by atoms with E-state index < -0.39 is 5.82 Å². The highest BCUT2D eigenvalue weighted by Crippen LogP contribution is 2.21. The van der Waals surface area contributed by atoms with Crippen LogP contribution in [0.25, 0.3) is 0 Å². The van der Waals surface area contributed by atoms with Crippen LogP contribution >= 0.6 is 11.6 Å². The summed E-state index contributed by atoms with van der Waals surface area (Å²) in [6.07, 6.45) is 0.835. The molecule has 0 spiro atoms. The van der Waals surface area contributed by atoms with Gasteiger partial charge in [-0.15, -0.1) is 0 Å². The summed E-state index contributed by atoms with van der Waals surface area (Å²) >= 11 is 5.96. The fourth-order valence-corrected chi connectivity index (χ4v) is 2.16. The summed E-state index contributed by atoms with van der Waals surface area (Å²) in [5.41, 5.74) is 1.49. The van der Waals surface area contributed by atoms with Crippen molar-refractivity contribution in [1.82, 2.24) is 9.97 Å². The third-order valence-corrected chi connectivity index (χ3v) is 3.40. The van der Waals surface area contributed by atoms with Crippen molar-refractivity contribution in [1.29, 1.82) is 0 Å². The molecule has 0 aliphatic rings. The number of rotatable bonds is 3. The molecule has 2 aromatic rings. The van der Waals surface area contributed by atoms with E-state index in [0.29, 0.717) is 28.4 Å². The molecule has 1 N–H and O–H groups in total. The number of hydrogen-bond acceptors (Lipinski definition) is 2. The van der Waals surface area contributed by atoms with E-state index >= 15 is 0 Å². The Morgan fingerprint density at radius 2 is 2.16 bits per heavy atom. The van der Waals surface area contributed by atoms with E-state index in [9.17, 15) is 9.18 Å². The Labute approximate surface area is 115 Å². The molecule has 1 heterocycles. The van der Waals surface area contributed by atoms with E-state index in [4.69, 9.17) is 11.6 Å². The first-order valence-corrected chi connectivity index (χ1v) is 6.42. The second-order valence-corrected chi connectivity index (χ2v) is 4.72. The molecule has 100 valence electrons. The number of H-pyrrole nitrogens is 1. The second-order valence-electron chi connectivity index (χ2n) is 4.31. The van der Waals surface area contributed by atoms with Gasteiger partial charge in [-0.05, 0) is 25.5 Å². The molecule has 0 fully saturated rings. The van der Waals surface area contributed by atoms with Gasteiger partial charge in [-0.1, -0.05) is 24.6 Å². The van der Waals surface area contributed by atoms with E-state index in [1.165, 1.54) is 6.07 Å². The Balaban J connectivity index is 2.44. The van der Waals surface area contributed by atoms with E-state index in [-0.39, 0.29) is 12.0 Å². The third-order valence-electron chi connectivity index (χ3n) is 3.04. The van der Waals surface area contributed by atoms with E-state index in [2.05, 4.69) is 9.97 Å². The Morgan fingerprint density at radius 1 is 1.42 bits per heavy atom. The van der Waals surface area contributed by atoms with Gasteiger partial charge in [0.15, 0.2) is 0 Å². The molecular weight excluding hydrogens is 267 g/mol. The Morgan fingerprint density at radius 3 is 2.79 bits per heavy atom. The predicted molar refractivity (Wildman–Crippen MR) is 73.2 cm³/mol. The molecule has 2 rings (SSSR count). The number of benzene rings is 1. The van der Waals surface area contributed by atoms with Crippen LogP contribution in [0, 0.1) is 12.7 Å². The SMILES string of the molecule is CCc1nc(Cc2c(F)cccc2Cl)[nH]c(=O)c1C. The first-order chi connectivity index (χ1) is 9.02. The molecular formula is C14H14ClFN2O. The van der Waals surface area contributed by atoms with Gasteiger partial charge in [0.05, 0.1) is 5.69 Å². The summed E-state index contributed by atoms with van der Waals surface area (Å²) in [4.78, 5) is 18.8. The Kier molecular flexibility index (Phi) is 4.00. The zero-order valence-electron chi connectivity index (χ0n) is 10.8. The maximum atomic E-state index is 13.7. The van der Waals surface area contributed by atoms with Gasteiger partial charge in [0, 0.05) is 22.6 Å². The van der Waals surface area contributed by atoms with E-state index in [1.807, 2.05) is 6.92 Å². The smallest absolute Gasteiger partial charge is 0.254 e. The fraction of sp³-hybridized carbons (Fsp3) is 0.286. The first kappa shape index (κ1) is 13.7. The fourth-order valence-electron chi connectivity index (χ4n) is 1.93. The minimum atomic E-state index is -0.395. The van der Waals surface area contributed by atoms with Gasteiger partial charge in [0.25, 0.3) is 5.56 Å². The molecule has 19 heavy (non-hydrogen) atoms. The minimum Gasteiger partial charge on any atom is -0.310 e. The monoisotopic (exact) mass is 280 g/mol. The van der Waals surface area contributed by atoms with Crippen LogP contribution in [0.4, 0.5) is 4.39 Å². The molecule has 0 aliphatic heterocycles. The molecule has 5 heteroatoms. The summed E-state index contributed by atoms with van der Waals surface area (Å²) in [6, 6.07) is 4.51. The number of halogens is 2. The van der Waals surface area contributed by atoms with Gasteiger partial charge in [-0.2, -0.15) is 0 Å². The Bertz CT molecular complexity index is 647. The molecule has 0 bridgehead atoms. The lowest BCUT2D eigenvalue weighted by Crippen LogP contribution is -2.18. The molecule has 1 aromatic heterocycles. The van der Waals surface area contributed by atoms with Crippen molar-refractivity contribution < 1.29 is 4.39 Å². The third kappa shape index (κ3) is 2.84. The standard InChI is InChI=1S/C14H14ClFN2O/c1-3-12-8(2)14(19)18-13(17-12)7-9-10(15)5-4-6-11(9)16/h4-6H,3,7H2,1-2H3,(H,17,18,19). The lowest BCUT2D eigenvalue weighted by Gasteiger charge is -2.08. The van der Waals surface area contributed by atoms with Crippen molar-refractivity contribution in [2.45, 2.75) is 26.7 Å². The van der Waals surface area contributed by atoms with Gasteiger partial charge in [-0.3, -0.25) is 4.79 Å². The van der Waals surface area contributed by atoms with Gasteiger partial charge in [0.2, 0.25) is 0 Å². The van der Waals surface area contributed by atoms with Crippen LogP contribution in [0.3, 0.4) is 0 Å². The number of aryl methyl sites for hydroxylation is 1. The lowest BCUT2D eigenvalue weighted by atomic mass is 10.1. The van der Waals surface area contributed by atoms with Gasteiger partial charge in [0.1, 0.15) is 11.6 Å². The zero-order valence-corrected chi connectivity index (χ0v) is 11.5. The van der Waals surface area contributed by atoms with Crippen LogP contribution < -0.4 is 5.56 Å².